The Balaban J connectivity index is 2.10. The summed E-state index contributed by atoms with van der Waals surface area (Å²) in [5, 5.41) is 3.08. The molecule has 1 N–H and O–H groups in total. The van der Waals surface area contributed by atoms with E-state index in [4.69, 9.17) is 0 Å². The lowest BCUT2D eigenvalue weighted by Gasteiger charge is -2.18. The Kier molecular flexibility index (Phi) is 6.13. The quantitative estimate of drug-likeness (QED) is 0.848. The highest BCUT2D eigenvalue weighted by Gasteiger charge is 2.20. The standard InChI is InChI=1S/C19H24N2O/c1-15(2)8-13-21-19(22)18(17-6-4-3-5-7-17)14-16-9-11-20-12-10-16/h3-7,9-12,15,18H,8,13-14H2,1-2H3,(H,21,22). The molecule has 0 aliphatic rings. The number of nitrogens with one attached hydrogen (secondary N) is 1. The van der Waals surface area contributed by atoms with E-state index in [9.17, 15) is 4.79 Å². The van der Waals surface area contributed by atoms with Gasteiger partial charge in [-0.3, -0.25) is 9.78 Å². The summed E-state index contributed by atoms with van der Waals surface area (Å²) in [6.45, 7) is 5.06. The molecule has 1 aromatic carbocycles. The van der Waals surface area contributed by atoms with Crippen molar-refractivity contribution in [3.63, 3.8) is 0 Å². The summed E-state index contributed by atoms with van der Waals surface area (Å²) in [5.41, 5.74) is 2.18. The van der Waals surface area contributed by atoms with Gasteiger partial charge < -0.3 is 5.32 Å². The number of rotatable bonds is 7. The lowest BCUT2D eigenvalue weighted by molar-refractivity contribution is -0.122. The number of amides is 1. The molecule has 3 nitrogen and oxygen atoms in total. The molecule has 116 valence electrons. The molecule has 1 aromatic heterocycles. The van der Waals surface area contributed by atoms with Crippen molar-refractivity contribution in [1.29, 1.82) is 0 Å². The van der Waals surface area contributed by atoms with E-state index >= 15 is 0 Å². The van der Waals surface area contributed by atoms with E-state index in [1.807, 2.05) is 42.5 Å². The molecule has 0 saturated heterocycles. The number of aromatic nitrogens is 1. The van der Waals surface area contributed by atoms with Gasteiger partial charge in [0.25, 0.3) is 0 Å². The summed E-state index contributed by atoms with van der Waals surface area (Å²) in [4.78, 5) is 16.6. The van der Waals surface area contributed by atoms with Crippen LogP contribution in [-0.4, -0.2) is 17.4 Å². The molecule has 0 aliphatic carbocycles. The smallest absolute Gasteiger partial charge is 0.227 e. The minimum atomic E-state index is -0.157. The van der Waals surface area contributed by atoms with Crippen molar-refractivity contribution in [2.24, 2.45) is 5.92 Å². The molecule has 3 heteroatoms. The van der Waals surface area contributed by atoms with Crippen LogP contribution in [0.2, 0.25) is 0 Å². The van der Waals surface area contributed by atoms with Crippen LogP contribution in [0.3, 0.4) is 0 Å². The zero-order valence-electron chi connectivity index (χ0n) is 13.3. The lowest BCUT2D eigenvalue weighted by Crippen LogP contribution is -2.31. The molecule has 0 spiro atoms. The Labute approximate surface area is 132 Å². The van der Waals surface area contributed by atoms with E-state index in [1.165, 1.54) is 0 Å². The number of carbonyl (C=O) groups is 1. The molecule has 0 saturated carbocycles. The molecular weight excluding hydrogens is 272 g/mol. The molecule has 1 heterocycles. The maximum atomic E-state index is 12.6. The number of carbonyl (C=O) groups excluding carboxylic acids is 1. The van der Waals surface area contributed by atoms with Crippen molar-refractivity contribution in [3.05, 3.63) is 66.0 Å². The third kappa shape index (κ3) is 4.99. The van der Waals surface area contributed by atoms with Crippen LogP contribution in [0.5, 0.6) is 0 Å². The first-order chi connectivity index (χ1) is 10.7. The molecular formula is C19H24N2O. The maximum absolute atomic E-state index is 12.6. The molecule has 1 atom stereocenters. The second kappa shape index (κ2) is 8.32. The first-order valence-electron chi connectivity index (χ1n) is 7.88. The Morgan fingerprint density at radius 1 is 1.09 bits per heavy atom. The van der Waals surface area contributed by atoms with Gasteiger partial charge in [0, 0.05) is 18.9 Å². The van der Waals surface area contributed by atoms with Gasteiger partial charge in [0.05, 0.1) is 5.92 Å². The summed E-state index contributed by atoms with van der Waals surface area (Å²) < 4.78 is 0. The first-order valence-corrected chi connectivity index (χ1v) is 7.88. The normalized spacial score (nSPS) is 12.1. The van der Waals surface area contributed by atoms with Gasteiger partial charge in [-0.05, 0) is 42.0 Å². The van der Waals surface area contributed by atoms with Gasteiger partial charge in [-0.1, -0.05) is 44.2 Å². The Morgan fingerprint density at radius 3 is 2.41 bits per heavy atom. The molecule has 2 rings (SSSR count). The SMILES string of the molecule is CC(C)CCNC(=O)C(Cc1ccncc1)c1ccccc1. The van der Waals surface area contributed by atoms with Crippen LogP contribution in [-0.2, 0) is 11.2 Å². The fraction of sp³-hybridized carbons (Fsp3) is 0.368. The van der Waals surface area contributed by atoms with Gasteiger partial charge in [0.15, 0.2) is 0 Å². The zero-order valence-corrected chi connectivity index (χ0v) is 13.3. The van der Waals surface area contributed by atoms with Gasteiger partial charge in [-0.2, -0.15) is 0 Å². The van der Waals surface area contributed by atoms with Gasteiger partial charge >= 0.3 is 0 Å². The monoisotopic (exact) mass is 296 g/mol. The number of pyridine rings is 1. The molecule has 0 fully saturated rings. The van der Waals surface area contributed by atoms with Crippen LogP contribution in [0, 0.1) is 5.92 Å². The Hall–Kier alpha value is -2.16. The van der Waals surface area contributed by atoms with Crippen molar-refractivity contribution in [2.75, 3.05) is 6.54 Å². The molecule has 0 bridgehead atoms. The average molecular weight is 296 g/mol. The number of nitrogens with zero attached hydrogens (tertiary/aromatic N) is 1. The van der Waals surface area contributed by atoms with Crippen molar-refractivity contribution < 1.29 is 4.79 Å². The van der Waals surface area contributed by atoms with E-state index in [-0.39, 0.29) is 11.8 Å². The topological polar surface area (TPSA) is 42.0 Å². The summed E-state index contributed by atoms with van der Waals surface area (Å²) in [6, 6.07) is 13.9. The first kappa shape index (κ1) is 16.2. The summed E-state index contributed by atoms with van der Waals surface area (Å²) in [7, 11) is 0. The zero-order chi connectivity index (χ0) is 15.8. The second-order valence-corrected chi connectivity index (χ2v) is 6.00. The van der Waals surface area contributed by atoms with Gasteiger partial charge in [-0.15, -0.1) is 0 Å². The van der Waals surface area contributed by atoms with Crippen molar-refractivity contribution >= 4 is 5.91 Å². The minimum Gasteiger partial charge on any atom is -0.356 e. The van der Waals surface area contributed by atoms with Crippen LogP contribution in [0.15, 0.2) is 54.9 Å². The molecule has 2 aromatic rings. The molecule has 1 amide bonds. The molecule has 0 aliphatic heterocycles. The highest BCUT2D eigenvalue weighted by Crippen LogP contribution is 2.21. The maximum Gasteiger partial charge on any atom is 0.227 e. The van der Waals surface area contributed by atoms with E-state index in [0.29, 0.717) is 12.3 Å². The molecule has 0 radical (unpaired) electrons. The third-order valence-electron chi connectivity index (χ3n) is 3.73. The van der Waals surface area contributed by atoms with Gasteiger partial charge in [0.1, 0.15) is 0 Å². The molecule has 1 unspecified atom stereocenters. The van der Waals surface area contributed by atoms with E-state index in [1.54, 1.807) is 12.4 Å². The van der Waals surface area contributed by atoms with Crippen LogP contribution in [0.4, 0.5) is 0 Å². The summed E-state index contributed by atoms with van der Waals surface area (Å²) >= 11 is 0. The molecule has 22 heavy (non-hydrogen) atoms. The predicted molar refractivity (Wildman–Crippen MR) is 89.6 cm³/mol. The number of hydrogen-bond acceptors (Lipinski definition) is 2. The fourth-order valence-electron chi connectivity index (χ4n) is 2.41. The van der Waals surface area contributed by atoms with Gasteiger partial charge in [-0.25, -0.2) is 0 Å². The van der Waals surface area contributed by atoms with E-state index in [0.717, 1.165) is 24.1 Å². The van der Waals surface area contributed by atoms with Gasteiger partial charge in [0.2, 0.25) is 5.91 Å². The number of hydrogen-bond donors (Lipinski definition) is 1. The number of benzene rings is 1. The van der Waals surface area contributed by atoms with Crippen LogP contribution >= 0.6 is 0 Å². The van der Waals surface area contributed by atoms with E-state index < -0.39 is 0 Å². The Bertz CT molecular complexity index is 567. The Morgan fingerprint density at radius 2 is 1.77 bits per heavy atom. The highest BCUT2D eigenvalue weighted by molar-refractivity contribution is 5.83. The summed E-state index contributed by atoms with van der Waals surface area (Å²) in [6.07, 6.45) is 5.24. The van der Waals surface area contributed by atoms with Crippen LogP contribution in [0.1, 0.15) is 37.3 Å². The van der Waals surface area contributed by atoms with Crippen molar-refractivity contribution in [3.8, 4) is 0 Å². The second-order valence-electron chi connectivity index (χ2n) is 6.00. The lowest BCUT2D eigenvalue weighted by atomic mass is 9.91. The van der Waals surface area contributed by atoms with Crippen LogP contribution in [0.25, 0.3) is 0 Å². The average Bonchev–Trinajstić information content (AvgIpc) is 2.54. The van der Waals surface area contributed by atoms with Crippen molar-refractivity contribution in [1.82, 2.24) is 10.3 Å². The third-order valence-corrected chi connectivity index (χ3v) is 3.73. The highest BCUT2D eigenvalue weighted by atomic mass is 16.1. The largest absolute Gasteiger partial charge is 0.356 e. The van der Waals surface area contributed by atoms with Crippen molar-refractivity contribution in [2.45, 2.75) is 32.6 Å². The van der Waals surface area contributed by atoms with E-state index in [2.05, 4.69) is 24.1 Å². The fourth-order valence-corrected chi connectivity index (χ4v) is 2.41. The van der Waals surface area contributed by atoms with Crippen LogP contribution < -0.4 is 5.32 Å². The minimum absolute atomic E-state index is 0.101. The summed E-state index contributed by atoms with van der Waals surface area (Å²) in [5.74, 6) is 0.537. The predicted octanol–water partition coefficient (Wildman–Crippen LogP) is 3.57.